The molecule has 176 valence electrons. The van der Waals surface area contributed by atoms with Crippen LogP contribution in [0.1, 0.15) is 44.6 Å². The van der Waals surface area contributed by atoms with E-state index in [1.54, 1.807) is 0 Å². The van der Waals surface area contributed by atoms with Crippen molar-refractivity contribution in [2.24, 2.45) is 4.99 Å². The molecule has 0 N–H and O–H groups in total. The summed E-state index contributed by atoms with van der Waals surface area (Å²) in [6.07, 6.45) is 2.65. The largest absolute Gasteiger partial charge is 0.494 e. The maximum Gasteiger partial charge on any atom is 0.255 e. The normalized spacial score (nSPS) is 23.5. The van der Waals surface area contributed by atoms with Gasteiger partial charge in [-0.15, -0.1) is 0 Å². The molecule has 6 nitrogen and oxygen atoms in total. The second-order valence-corrected chi connectivity index (χ2v) is 11.8. The van der Waals surface area contributed by atoms with Crippen molar-refractivity contribution >= 4 is 38.4 Å². The Bertz CT molecular complexity index is 1120. The minimum Gasteiger partial charge on any atom is -0.494 e. The van der Waals surface area contributed by atoms with Gasteiger partial charge >= 0.3 is 0 Å². The van der Waals surface area contributed by atoms with Gasteiger partial charge in [0, 0.05) is 17.0 Å². The maximum atomic E-state index is 13.2. The number of carbonyl (C=O) groups excluding carboxylic acids is 1. The van der Waals surface area contributed by atoms with Crippen molar-refractivity contribution in [3.05, 3.63) is 60.2 Å². The Balaban J connectivity index is 1.66. The smallest absolute Gasteiger partial charge is 0.255 e. The minimum absolute atomic E-state index is 0.0642. The zero-order valence-corrected chi connectivity index (χ0v) is 20.6. The third kappa shape index (κ3) is 5.44. The van der Waals surface area contributed by atoms with E-state index < -0.39 is 9.84 Å². The molecule has 1 amide bonds. The first-order chi connectivity index (χ1) is 15.9. The van der Waals surface area contributed by atoms with Crippen LogP contribution >= 0.6 is 11.8 Å². The lowest BCUT2D eigenvalue weighted by Crippen LogP contribution is -2.37. The van der Waals surface area contributed by atoms with Gasteiger partial charge in [-0.1, -0.05) is 68.4 Å². The Morgan fingerprint density at radius 2 is 1.94 bits per heavy atom. The molecule has 4 rings (SSSR count). The third-order valence-electron chi connectivity index (χ3n) is 6.04. The first-order valence-electron chi connectivity index (χ1n) is 11.5. The lowest BCUT2D eigenvalue weighted by molar-refractivity contribution is -0.119. The number of hydrogen-bond acceptors (Lipinski definition) is 5. The van der Waals surface area contributed by atoms with Crippen LogP contribution in [0.2, 0.25) is 0 Å². The van der Waals surface area contributed by atoms with E-state index in [-0.39, 0.29) is 34.6 Å². The number of unbranched alkanes of at least 4 members (excludes halogenated alkanes) is 1. The van der Waals surface area contributed by atoms with E-state index in [1.165, 1.54) is 11.8 Å². The molecule has 2 aliphatic heterocycles. The van der Waals surface area contributed by atoms with Gasteiger partial charge < -0.3 is 9.64 Å². The van der Waals surface area contributed by atoms with Crippen molar-refractivity contribution in [3.8, 4) is 5.75 Å². The van der Waals surface area contributed by atoms with Crippen LogP contribution in [0.25, 0.3) is 0 Å². The molecule has 33 heavy (non-hydrogen) atoms. The summed E-state index contributed by atoms with van der Waals surface area (Å²) in [5.41, 5.74) is 1.75. The van der Waals surface area contributed by atoms with Crippen molar-refractivity contribution in [3.63, 3.8) is 0 Å². The van der Waals surface area contributed by atoms with E-state index in [2.05, 4.69) is 11.9 Å². The average Bonchev–Trinajstić information content (AvgIpc) is 3.26. The number of nitrogens with zero attached hydrogens (tertiary/aromatic N) is 2. The fourth-order valence-corrected chi connectivity index (χ4v) is 8.25. The van der Waals surface area contributed by atoms with Crippen LogP contribution in [0, 0.1) is 0 Å². The molecule has 0 aromatic heterocycles. The summed E-state index contributed by atoms with van der Waals surface area (Å²) in [6.45, 7) is 4.72. The number of ether oxygens (including phenoxy) is 1. The van der Waals surface area contributed by atoms with E-state index in [0.29, 0.717) is 18.2 Å². The highest BCUT2D eigenvalue weighted by atomic mass is 32.2. The highest BCUT2D eigenvalue weighted by Crippen LogP contribution is 2.42. The van der Waals surface area contributed by atoms with Gasteiger partial charge in [-0.3, -0.25) is 4.79 Å². The number of amidine groups is 1. The Kier molecular flexibility index (Phi) is 7.44. The molecular formula is C25H30N2O4S2. The molecule has 0 saturated carbocycles. The summed E-state index contributed by atoms with van der Waals surface area (Å²) in [5, 5.41) is 0.438. The lowest BCUT2D eigenvalue weighted by Gasteiger charge is -2.25. The number of hydrogen-bond donors (Lipinski definition) is 0. The summed E-state index contributed by atoms with van der Waals surface area (Å²) < 4.78 is 30.6. The summed E-state index contributed by atoms with van der Waals surface area (Å²) in [7, 11) is -3.12. The summed E-state index contributed by atoms with van der Waals surface area (Å²) in [6, 6.07) is 17.1. The molecule has 0 unspecified atom stereocenters. The number of aliphatic imine (C=N–C) groups is 1. The van der Waals surface area contributed by atoms with E-state index in [9.17, 15) is 13.2 Å². The van der Waals surface area contributed by atoms with Gasteiger partial charge in [0.15, 0.2) is 15.0 Å². The fourth-order valence-electron chi connectivity index (χ4n) is 4.33. The van der Waals surface area contributed by atoms with Gasteiger partial charge in [0.05, 0.1) is 30.1 Å². The fraction of sp³-hybridized carbons (Fsp3) is 0.440. The zero-order chi connectivity index (χ0) is 23.4. The molecule has 2 aromatic rings. The van der Waals surface area contributed by atoms with E-state index in [0.717, 1.165) is 29.8 Å². The van der Waals surface area contributed by atoms with E-state index in [1.807, 2.05) is 66.4 Å². The quantitative estimate of drug-likeness (QED) is 0.505. The summed E-state index contributed by atoms with van der Waals surface area (Å²) >= 11 is 1.40. The van der Waals surface area contributed by atoms with Crippen LogP contribution in [-0.2, 0) is 14.6 Å². The molecule has 2 aliphatic rings. The maximum absolute atomic E-state index is 13.2. The first kappa shape index (κ1) is 23.8. The molecule has 0 radical (unpaired) electrons. The van der Waals surface area contributed by atoms with Gasteiger partial charge in [-0.05, 0) is 30.5 Å². The standard InChI is InChI=1S/C25H30N2O4S2/c1-3-5-14-31-20-13-9-12-19(15-20)27-22-16-33(29,30)17-23(22)32-25(27)26-24(28)21(4-2)18-10-7-6-8-11-18/h6-13,15,21-23H,3-5,14,16-17H2,1-2H3/t21-,22-,23-/m0/s1. The number of sulfone groups is 1. The second kappa shape index (κ2) is 10.3. The summed E-state index contributed by atoms with van der Waals surface area (Å²) in [5.74, 6) is 0.378. The molecular weight excluding hydrogens is 456 g/mol. The Labute approximate surface area is 200 Å². The van der Waals surface area contributed by atoms with Crippen LogP contribution in [0.15, 0.2) is 59.6 Å². The van der Waals surface area contributed by atoms with Gasteiger partial charge in [0.2, 0.25) is 0 Å². The number of anilines is 1. The molecule has 2 heterocycles. The van der Waals surface area contributed by atoms with Gasteiger partial charge in [0.1, 0.15) is 5.75 Å². The average molecular weight is 487 g/mol. The number of rotatable bonds is 8. The third-order valence-corrected chi connectivity index (χ3v) is 9.25. The Morgan fingerprint density at radius 3 is 2.67 bits per heavy atom. The predicted molar refractivity (Wildman–Crippen MR) is 135 cm³/mol. The van der Waals surface area contributed by atoms with Crippen LogP contribution in [-0.4, -0.2) is 48.9 Å². The number of benzene rings is 2. The molecule has 2 saturated heterocycles. The second-order valence-electron chi connectivity index (χ2n) is 8.47. The molecule has 3 atom stereocenters. The highest BCUT2D eigenvalue weighted by Gasteiger charge is 2.49. The van der Waals surface area contributed by atoms with E-state index in [4.69, 9.17) is 4.74 Å². The monoisotopic (exact) mass is 486 g/mol. The Morgan fingerprint density at radius 1 is 1.15 bits per heavy atom. The zero-order valence-electron chi connectivity index (χ0n) is 19.0. The molecule has 0 bridgehead atoms. The van der Waals surface area contributed by atoms with Crippen molar-refractivity contribution < 1.29 is 17.9 Å². The number of fused-ring (bicyclic) bond motifs is 1. The molecule has 8 heteroatoms. The highest BCUT2D eigenvalue weighted by molar-refractivity contribution is 8.16. The first-order valence-corrected chi connectivity index (χ1v) is 14.2. The van der Waals surface area contributed by atoms with Crippen molar-refractivity contribution in [2.45, 2.75) is 50.3 Å². The minimum atomic E-state index is -3.12. The van der Waals surface area contributed by atoms with Crippen molar-refractivity contribution in [2.75, 3.05) is 23.0 Å². The van der Waals surface area contributed by atoms with Gasteiger partial charge in [-0.25, -0.2) is 8.42 Å². The number of carbonyl (C=O) groups is 1. The Hall–Kier alpha value is -2.32. The lowest BCUT2D eigenvalue weighted by atomic mass is 9.96. The van der Waals surface area contributed by atoms with Crippen LogP contribution in [0.5, 0.6) is 5.75 Å². The van der Waals surface area contributed by atoms with Gasteiger partial charge in [-0.2, -0.15) is 4.99 Å². The topological polar surface area (TPSA) is 76.0 Å². The van der Waals surface area contributed by atoms with Crippen LogP contribution in [0.3, 0.4) is 0 Å². The van der Waals surface area contributed by atoms with Crippen LogP contribution in [0.4, 0.5) is 5.69 Å². The van der Waals surface area contributed by atoms with Crippen molar-refractivity contribution in [1.29, 1.82) is 0 Å². The molecule has 2 fully saturated rings. The van der Waals surface area contributed by atoms with Gasteiger partial charge in [0.25, 0.3) is 5.91 Å². The molecule has 0 aliphatic carbocycles. The number of amides is 1. The molecule has 0 spiro atoms. The number of thioether (sulfide) groups is 1. The summed E-state index contributed by atoms with van der Waals surface area (Å²) in [4.78, 5) is 19.7. The SMILES string of the molecule is CCCCOc1cccc(N2C(=NC(=O)[C@@H](CC)c3ccccc3)S[C@H]3CS(=O)(=O)C[C@@H]32)c1. The van der Waals surface area contributed by atoms with Crippen molar-refractivity contribution in [1.82, 2.24) is 0 Å². The predicted octanol–water partition coefficient (Wildman–Crippen LogP) is 4.66. The van der Waals surface area contributed by atoms with E-state index >= 15 is 0 Å². The van der Waals surface area contributed by atoms with Crippen LogP contribution < -0.4 is 9.64 Å². The molecule has 2 aromatic carbocycles.